The lowest BCUT2D eigenvalue weighted by molar-refractivity contribution is -0.126. The molecule has 2 heteroatoms. The number of Topliss-reactive ketones (excluding diaryl/α,β-unsaturated/α-hetero) is 1. The third-order valence-corrected chi connectivity index (χ3v) is 4.04. The minimum Gasteiger partial charge on any atom is -0.299 e. The molecule has 1 aromatic rings. The summed E-state index contributed by atoms with van der Waals surface area (Å²) >= 11 is 0. The van der Waals surface area contributed by atoms with Crippen LogP contribution in [0.4, 0.5) is 0 Å². The van der Waals surface area contributed by atoms with Gasteiger partial charge in [0.25, 0.3) is 0 Å². The Morgan fingerprint density at radius 1 is 1.21 bits per heavy atom. The Bertz CT molecular complexity index is 399. The summed E-state index contributed by atoms with van der Waals surface area (Å²) in [6.45, 7) is 7.24. The first kappa shape index (κ1) is 14.3. The zero-order valence-corrected chi connectivity index (χ0v) is 12.1. The molecule has 104 valence electrons. The second kappa shape index (κ2) is 6.85. The number of carbonyl (C=O) groups excluding carboxylic acids is 1. The lowest BCUT2D eigenvalue weighted by Crippen LogP contribution is -2.25. The average molecular weight is 259 g/mol. The van der Waals surface area contributed by atoms with Crippen LogP contribution in [0.5, 0.6) is 0 Å². The number of benzene rings is 1. The van der Waals surface area contributed by atoms with Crippen molar-refractivity contribution in [2.45, 2.75) is 39.7 Å². The fourth-order valence-corrected chi connectivity index (χ4v) is 2.91. The highest BCUT2D eigenvalue weighted by Crippen LogP contribution is 2.22. The fourth-order valence-electron chi connectivity index (χ4n) is 2.91. The normalized spacial score (nSPS) is 21.3. The summed E-state index contributed by atoms with van der Waals surface area (Å²) in [7, 11) is 0. The second-order valence-corrected chi connectivity index (χ2v) is 5.95. The number of nitrogens with zero attached hydrogens (tertiary/aromatic N) is 1. The van der Waals surface area contributed by atoms with Gasteiger partial charge in [-0.2, -0.15) is 0 Å². The van der Waals surface area contributed by atoms with Gasteiger partial charge in [0.05, 0.1) is 0 Å². The summed E-state index contributed by atoms with van der Waals surface area (Å²) in [4.78, 5) is 14.6. The van der Waals surface area contributed by atoms with Crippen molar-refractivity contribution in [3.63, 3.8) is 0 Å². The smallest absolute Gasteiger partial charge is 0.138 e. The lowest BCUT2D eigenvalue weighted by atomic mass is 9.89. The minimum atomic E-state index is 0.186. The van der Waals surface area contributed by atoms with Gasteiger partial charge in [-0.3, -0.25) is 9.69 Å². The molecule has 2 rings (SSSR count). The van der Waals surface area contributed by atoms with Crippen LogP contribution < -0.4 is 0 Å². The van der Waals surface area contributed by atoms with Crippen LogP contribution in [0.1, 0.15) is 38.7 Å². The fraction of sp³-hybridized carbons (Fsp3) is 0.588. The Labute approximate surface area is 116 Å². The van der Waals surface area contributed by atoms with Gasteiger partial charge in [0.1, 0.15) is 5.78 Å². The van der Waals surface area contributed by atoms with Crippen molar-refractivity contribution in [2.75, 3.05) is 13.1 Å². The van der Waals surface area contributed by atoms with E-state index in [0.29, 0.717) is 11.7 Å². The van der Waals surface area contributed by atoms with Gasteiger partial charge in [0, 0.05) is 18.4 Å². The highest BCUT2D eigenvalue weighted by atomic mass is 16.1. The van der Waals surface area contributed by atoms with Crippen molar-refractivity contribution in [1.82, 2.24) is 4.90 Å². The summed E-state index contributed by atoms with van der Waals surface area (Å²) in [6, 6.07) is 10.6. The molecule has 1 saturated heterocycles. The first-order chi connectivity index (χ1) is 9.16. The van der Waals surface area contributed by atoms with Gasteiger partial charge in [-0.1, -0.05) is 44.2 Å². The standard InChI is InChI=1S/C17H25NO/c1-14(2)17(19)16-9-6-11-18(12-10-16)13-15-7-4-3-5-8-15/h3-5,7-8,14,16H,6,9-13H2,1-2H3. The maximum Gasteiger partial charge on any atom is 0.138 e. The van der Waals surface area contributed by atoms with Gasteiger partial charge in [-0.15, -0.1) is 0 Å². The molecule has 1 atom stereocenters. The molecule has 0 radical (unpaired) electrons. The third kappa shape index (κ3) is 4.17. The molecule has 2 nitrogen and oxygen atoms in total. The first-order valence-corrected chi connectivity index (χ1v) is 7.47. The molecule has 19 heavy (non-hydrogen) atoms. The molecule has 0 saturated carbocycles. The van der Waals surface area contributed by atoms with Crippen LogP contribution in [-0.2, 0) is 11.3 Å². The van der Waals surface area contributed by atoms with Crippen molar-refractivity contribution in [3.8, 4) is 0 Å². The van der Waals surface area contributed by atoms with Gasteiger partial charge < -0.3 is 0 Å². The van der Waals surface area contributed by atoms with Crippen molar-refractivity contribution < 1.29 is 4.79 Å². The van der Waals surface area contributed by atoms with Crippen molar-refractivity contribution in [3.05, 3.63) is 35.9 Å². The summed E-state index contributed by atoms with van der Waals surface area (Å²) in [5.74, 6) is 0.938. The van der Waals surface area contributed by atoms with Crippen molar-refractivity contribution in [1.29, 1.82) is 0 Å². The minimum absolute atomic E-state index is 0.186. The van der Waals surface area contributed by atoms with Crippen molar-refractivity contribution >= 4 is 5.78 Å². The number of ketones is 1. The Balaban J connectivity index is 1.88. The van der Waals surface area contributed by atoms with E-state index in [-0.39, 0.29) is 5.92 Å². The molecule has 0 spiro atoms. The molecular formula is C17H25NO. The Morgan fingerprint density at radius 2 is 1.95 bits per heavy atom. The van der Waals surface area contributed by atoms with Crippen LogP contribution in [0.25, 0.3) is 0 Å². The number of carbonyl (C=O) groups is 1. The van der Waals surface area contributed by atoms with E-state index in [1.165, 1.54) is 5.56 Å². The van der Waals surface area contributed by atoms with E-state index in [0.717, 1.165) is 38.9 Å². The zero-order valence-electron chi connectivity index (χ0n) is 12.1. The largest absolute Gasteiger partial charge is 0.299 e. The predicted molar refractivity (Wildman–Crippen MR) is 78.9 cm³/mol. The highest BCUT2D eigenvalue weighted by molar-refractivity contribution is 5.82. The topological polar surface area (TPSA) is 20.3 Å². The van der Waals surface area contributed by atoms with E-state index >= 15 is 0 Å². The molecule has 1 heterocycles. The first-order valence-electron chi connectivity index (χ1n) is 7.47. The number of likely N-dealkylation sites (tertiary alicyclic amines) is 1. The molecule has 0 N–H and O–H groups in total. The molecule has 0 bridgehead atoms. The maximum absolute atomic E-state index is 12.1. The van der Waals surface area contributed by atoms with Crippen LogP contribution in [-0.4, -0.2) is 23.8 Å². The summed E-state index contributed by atoms with van der Waals surface area (Å²) in [5.41, 5.74) is 1.37. The Morgan fingerprint density at radius 3 is 2.63 bits per heavy atom. The molecule has 1 unspecified atom stereocenters. The zero-order chi connectivity index (χ0) is 13.7. The monoisotopic (exact) mass is 259 g/mol. The van der Waals surface area contributed by atoms with Crippen LogP contribution >= 0.6 is 0 Å². The third-order valence-electron chi connectivity index (χ3n) is 4.04. The molecule has 1 fully saturated rings. The molecular weight excluding hydrogens is 234 g/mol. The van der Waals surface area contributed by atoms with E-state index in [1.54, 1.807) is 0 Å². The van der Waals surface area contributed by atoms with Gasteiger partial charge in [-0.25, -0.2) is 0 Å². The predicted octanol–water partition coefficient (Wildman–Crippen LogP) is 3.51. The van der Waals surface area contributed by atoms with Crippen LogP contribution in [0.15, 0.2) is 30.3 Å². The maximum atomic E-state index is 12.1. The SMILES string of the molecule is CC(C)C(=O)C1CCCN(Cc2ccccc2)CC1. The number of hydrogen-bond donors (Lipinski definition) is 0. The Kier molecular flexibility index (Phi) is 5.15. The van der Waals surface area contributed by atoms with Gasteiger partial charge >= 0.3 is 0 Å². The van der Waals surface area contributed by atoms with E-state index in [1.807, 2.05) is 13.8 Å². The Hall–Kier alpha value is -1.15. The molecule has 1 aliphatic heterocycles. The number of rotatable bonds is 4. The van der Waals surface area contributed by atoms with Crippen LogP contribution in [0.3, 0.4) is 0 Å². The van der Waals surface area contributed by atoms with Crippen LogP contribution in [0.2, 0.25) is 0 Å². The van der Waals surface area contributed by atoms with Gasteiger partial charge in [0.2, 0.25) is 0 Å². The quantitative estimate of drug-likeness (QED) is 0.824. The molecule has 0 aliphatic carbocycles. The highest BCUT2D eigenvalue weighted by Gasteiger charge is 2.24. The summed E-state index contributed by atoms with van der Waals surface area (Å²) in [5, 5.41) is 0. The molecule has 0 aromatic heterocycles. The number of hydrogen-bond acceptors (Lipinski definition) is 2. The van der Waals surface area contributed by atoms with Crippen LogP contribution in [0, 0.1) is 11.8 Å². The van der Waals surface area contributed by atoms with E-state index in [9.17, 15) is 4.79 Å². The summed E-state index contributed by atoms with van der Waals surface area (Å²) < 4.78 is 0. The molecule has 0 amide bonds. The van der Waals surface area contributed by atoms with E-state index in [2.05, 4.69) is 35.2 Å². The molecule has 1 aliphatic rings. The average Bonchev–Trinajstić information content (AvgIpc) is 2.64. The van der Waals surface area contributed by atoms with Gasteiger partial charge in [-0.05, 0) is 37.9 Å². The van der Waals surface area contributed by atoms with Crippen molar-refractivity contribution in [2.24, 2.45) is 11.8 Å². The summed E-state index contributed by atoms with van der Waals surface area (Å²) in [6.07, 6.45) is 3.25. The van der Waals surface area contributed by atoms with Gasteiger partial charge in [0.15, 0.2) is 0 Å². The lowest BCUT2D eigenvalue weighted by Gasteiger charge is -2.20. The second-order valence-electron chi connectivity index (χ2n) is 5.95. The molecule has 1 aromatic carbocycles. The van der Waals surface area contributed by atoms with E-state index < -0.39 is 0 Å². The van der Waals surface area contributed by atoms with E-state index in [4.69, 9.17) is 0 Å².